The van der Waals surface area contributed by atoms with Crippen LogP contribution in [0.4, 0.5) is 11.4 Å². The second-order valence-electron chi connectivity index (χ2n) is 4.24. The third-order valence-corrected chi connectivity index (χ3v) is 4.35. The number of pyridine rings is 1. The van der Waals surface area contributed by atoms with Crippen LogP contribution in [0.25, 0.3) is 0 Å². The number of carbonyl (C=O) groups excluding carboxylic acids is 1. The summed E-state index contributed by atoms with van der Waals surface area (Å²) in [5.41, 5.74) is 8.76. The van der Waals surface area contributed by atoms with Crippen LogP contribution < -0.4 is 10.6 Å². The highest BCUT2D eigenvalue weighted by Crippen LogP contribution is 2.24. The maximum Gasteiger partial charge on any atom is 0.259 e. The molecule has 0 saturated carbocycles. The highest BCUT2D eigenvalue weighted by atomic mass is 127. The van der Waals surface area contributed by atoms with E-state index in [-0.39, 0.29) is 5.91 Å². The van der Waals surface area contributed by atoms with Crippen molar-refractivity contribution in [3.05, 3.63) is 51.4 Å². The molecule has 1 aromatic carbocycles. The molecule has 0 aliphatic heterocycles. The zero-order valence-electron chi connectivity index (χ0n) is 10.7. The summed E-state index contributed by atoms with van der Waals surface area (Å²) in [5, 5.41) is 0. The molecule has 1 amide bonds. The lowest BCUT2D eigenvalue weighted by molar-refractivity contribution is 0.0992. The van der Waals surface area contributed by atoms with Gasteiger partial charge in [-0.15, -0.1) is 0 Å². The Balaban J connectivity index is 2.40. The van der Waals surface area contributed by atoms with Gasteiger partial charge in [-0.3, -0.25) is 9.78 Å². The van der Waals surface area contributed by atoms with Gasteiger partial charge in [0.25, 0.3) is 5.91 Å². The Hall–Kier alpha value is -1.63. The van der Waals surface area contributed by atoms with Crippen molar-refractivity contribution in [2.75, 3.05) is 17.7 Å². The number of halogens is 1. The van der Waals surface area contributed by atoms with Gasteiger partial charge in [-0.05, 0) is 47.2 Å². The van der Waals surface area contributed by atoms with E-state index in [1.165, 1.54) is 0 Å². The standard InChI is InChI=1S/C14H14IN3O/c1-9-4-3-5-10(13(9)15)14(19)18(2)12-6-7-17-8-11(12)16/h3-8H,16H2,1-2H3. The minimum absolute atomic E-state index is 0.0778. The molecule has 98 valence electrons. The Morgan fingerprint density at radius 2 is 2.11 bits per heavy atom. The molecular formula is C14H14IN3O. The zero-order chi connectivity index (χ0) is 14.0. The van der Waals surface area contributed by atoms with Gasteiger partial charge in [0.15, 0.2) is 0 Å². The first-order valence-electron chi connectivity index (χ1n) is 5.75. The van der Waals surface area contributed by atoms with E-state index in [1.54, 1.807) is 30.4 Å². The third-order valence-electron chi connectivity index (χ3n) is 2.92. The largest absolute Gasteiger partial charge is 0.396 e. The van der Waals surface area contributed by atoms with Gasteiger partial charge in [0.1, 0.15) is 0 Å². The first-order valence-corrected chi connectivity index (χ1v) is 6.83. The van der Waals surface area contributed by atoms with E-state index in [9.17, 15) is 4.79 Å². The minimum Gasteiger partial charge on any atom is -0.396 e. The van der Waals surface area contributed by atoms with Gasteiger partial charge in [0.2, 0.25) is 0 Å². The lowest BCUT2D eigenvalue weighted by atomic mass is 10.1. The number of hydrogen-bond donors (Lipinski definition) is 1. The molecule has 0 bridgehead atoms. The maximum atomic E-state index is 12.5. The fourth-order valence-corrected chi connectivity index (χ4v) is 2.40. The minimum atomic E-state index is -0.0778. The van der Waals surface area contributed by atoms with E-state index in [0.29, 0.717) is 16.9 Å². The van der Waals surface area contributed by atoms with Crippen molar-refractivity contribution in [3.63, 3.8) is 0 Å². The van der Waals surface area contributed by atoms with Crippen molar-refractivity contribution in [1.82, 2.24) is 4.98 Å². The molecule has 0 fully saturated rings. The average molecular weight is 367 g/mol. The van der Waals surface area contributed by atoms with Crippen LogP contribution >= 0.6 is 22.6 Å². The Morgan fingerprint density at radius 3 is 2.79 bits per heavy atom. The van der Waals surface area contributed by atoms with E-state index < -0.39 is 0 Å². The number of carbonyl (C=O) groups is 1. The summed E-state index contributed by atoms with van der Waals surface area (Å²) in [6.07, 6.45) is 3.16. The van der Waals surface area contributed by atoms with Crippen LogP contribution in [0.3, 0.4) is 0 Å². The quantitative estimate of drug-likeness (QED) is 0.831. The van der Waals surface area contributed by atoms with Gasteiger partial charge >= 0.3 is 0 Å². The fraction of sp³-hybridized carbons (Fsp3) is 0.143. The number of nitrogens with zero attached hydrogens (tertiary/aromatic N) is 2. The lowest BCUT2D eigenvalue weighted by Crippen LogP contribution is -2.28. The number of anilines is 2. The second-order valence-corrected chi connectivity index (χ2v) is 5.31. The predicted octanol–water partition coefficient (Wildman–Crippen LogP) is 2.85. The summed E-state index contributed by atoms with van der Waals surface area (Å²) in [6.45, 7) is 1.99. The molecule has 0 spiro atoms. The zero-order valence-corrected chi connectivity index (χ0v) is 12.9. The van der Waals surface area contributed by atoms with Gasteiger partial charge in [-0.25, -0.2) is 0 Å². The monoisotopic (exact) mass is 367 g/mol. The summed E-state index contributed by atoms with van der Waals surface area (Å²) in [5.74, 6) is -0.0778. The van der Waals surface area contributed by atoms with E-state index in [1.807, 2.05) is 25.1 Å². The molecule has 2 N–H and O–H groups in total. The summed E-state index contributed by atoms with van der Waals surface area (Å²) in [4.78, 5) is 18.0. The number of aromatic nitrogens is 1. The van der Waals surface area contributed by atoms with Crippen molar-refractivity contribution < 1.29 is 4.79 Å². The third kappa shape index (κ3) is 2.70. The highest BCUT2D eigenvalue weighted by Gasteiger charge is 2.18. The molecule has 4 nitrogen and oxygen atoms in total. The number of rotatable bonds is 2. The topological polar surface area (TPSA) is 59.2 Å². The van der Waals surface area contributed by atoms with Gasteiger partial charge < -0.3 is 10.6 Å². The molecule has 0 aliphatic rings. The van der Waals surface area contributed by atoms with Crippen LogP contribution in [-0.2, 0) is 0 Å². The highest BCUT2D eigenvalue weighted by molar-refractivity contribution is 14.1. The number of amides is 1. The van der Waals surface area contributed by atoms with Gasteiger partial charge in [0.05, 0.1) is 23.1 Å². The Morgan fingerprint density at radius 1 is 1.37 bits per heavy atom. The van der Waals surface area contributed by atoms with Crippen molar-refractivity contribution in [3.8, 4) is 0 Å². The van der Waals surface area contributed by atoms with Gasteiger partial charge in [0, 0.05) is 16.8 Å². The fourth-order valence-electron chi connectivity index (χ4n) is 1.81. The van der Waals surface area contributed by atoms with Crippen LogP contribution in [0.15, 0.2) is 36.7 Å². The Kier molecular flexibility index (Phi) is 4.04. The van der Waals surface area contributed by atoms with E-state index in [4.69, 9.17) is 5.73 Å². The molecule has 0 radical (unpaired) electrons. The first kappa shape index (κ1) is 13.8. The van der Waals surface area contributed by atoms with Crippen LogP contribution in [0.1, 0.15) is 15.9 Å². The van der Waals surface area contributed by atoms with Crippen molar-refractivity contribution >= 4 is 39.9 Å². The molecule has 2 aromatic rings. The van der Waals surface area contributed by atoms with E-state index in [2.05, 4.69) is 27.6 Å². The van der Waals surface area contributed by atoms with Crippen molar-refractivity contribution in [2.45, 2.75) is 6.92 Å². The number of hydrogen-bond acceptors (Lipinski definition) is 3. The number of nitrogen functional groups attached to an aromatic ring is 1. The molecule has 19 heavy (non-hydrogen) atoms. The first-order chi connectivity index (χ1) is 9.02. The molecule has 0 aliphatic carbocycles. The Bertz CT molecular complexity index is 628. The summed E-state index contributed by atoms with van der Waals surface area (Å²) in [6, 6.07) is 7.43. The van der Waals surface area contributed by atoms with E-state index >= 15 is 0 Å². The normalized spacial score (nSPS) is 10.3. The van der Waals surface area contributed by atoms with Crippen LogP contribution in [0.2, 0.25) is 0 Å². The molecule has 2 rings (SSSR count). The molecule has 0 unspecified atom stereocenters. The summed E-state index contributed by atoms with van der Waals surface area (Å²) >= 11 is 2.19. The number of aryl methyl sites for hydroxylation is 1. The summed E-state index contributed by atoms with van der Waals surface area (Å²) < 4.78 is 0.963. The SMILES string of the molecule is Cc1cccc(C(=O)N(C)c2ccncc2N)c1I. The number of nitrogens with two attached hydrogens (primary N) is 1. The van der Waals surface area contributed by atoms with Crippen molar-refractivity contribution in [1.29, 1.82) is 0 Å². The maximum absolute atomic E-state index is 12.5. The van der Waals surface area contributed by atoms with E-state index in [0.717, 1.165) is 9.13 Å². The molecule has 0 atom stereocenters. The molecule has 1 heterocycles. The van der Waals surface area contributed by atoms with Gasteiger partial charge in [-0.2, -0.15) is 0 Å². The second kappa shape index (κ2) is 5.56. The molecule has 5 heteroatoms. The number of benzene rings is 1. The van der Waals surface area contributed by atoms with Crippen LogP contribution in [-0.4, -0.2) is 17.9 Å². The lowest BCUT2D eigenvalue weighted by Gasteiger charge is -2.20. The van der Waals surface area contributed by atoms with Gasteiger partial charge in [-0.1, -0.05) is 12.1 Å². The predicted molar refractivity (Wildman–Crippen MR) is 85.3 cm³/mol. The molecule has 1 aromatic heterocycles. The summed E-state index contributed by atoms with van der Waals surface area (Å²) in [7, 11) is 1.71. The van der Waals surface area contributed by atoms with Crippen LogP contribution in [0, 0.1) is 10.5 Å². The smallest absolute Gasteiger partial charge is 0.259 e. The molecular weight excluding hydrogens is 353 g/mol. The van der Waals surface area contributed by atoms with Crippen LogP contribution in [0.5, 0.6) is 0 Å². The molecule has 0 saturated heterocycles. The Labute approximate surface area is 125 Å². The van der Waals surface area contributed by atoms with Crippen molar-refractivity contribution in [2.24, 2.45) is 0 Å². The average Bonchev–Trinajstić information content (AvgIpc) is 2.41.